The van der Waals surface area contributed by atoms with E-state index in [1.165, 1.54) is 4.90 Å². The third-order valence-corrected chi connectivity index (χ3v) is 14.1. The molecule has 330 valence electrons. The Morgan fingerprint density at radius 1 is 1.05 bits per heavy atom. The summed E-state index contributed by atoms with van der Waals surface area (Å²) < 4.78 is 30.0. The number of esters is 1. The summed E-state index contributed by atoms with van der Waals surface area (Å²) >= 11 is 3.40. The van der Waals surface area contributed by atoms with E-state index < -0.39 is 47.6 Å². The minimum Gasteiger partial charge on any atom is -0.473 e. The summed E-state index contributed by atoms with van der Waals surface area (Å²) in [5, 5.41) is 6.38. The zero-order valence-electron chi connectivity index (χ0n) is 36.0. The lowest BCUT2D eigenvalue weighted by Crippen LogP contribution is -2.67. The van der Waals surface area contributed by atoms with Gasteiger partial charge in [-0.2, -0.15) is 0 Å². The Morgan fingerprint density at radius 2 is 1.82 bits per heavy atom. The number of aromatic nitrogens is 1. The number of ether oxygens (including phenoxy) is 3. The zero-order chi connectivity index (χ0) is 43.5. The fourth-order valence-corrected chi connectivity index (χ4v) is 9.26. The van der Waals surface area contributed by atoms with E-state index in [1.807, 2.05) is 39.7 Å². The molecule has 0 spiro atoms. The van der Waals surface area contributed by atoms with Gasteiger partial charge in [-0.05, 0) is 126 Å². The Labute approximate surface area is 366 Å². The molecule has 2 aromatic rings. The van der Waals surface area contributed by atoms with Gasteiger partial charge >= 0.3 is 19.2 Å². The van der Waals surface area contributed by atoms with Gasteiger partial charge in [0, 0.05) is 17.7 Å². The monoisotopic (exact) mass is 906 g/mol. The van der Waals surface area contributed by atoms with E-state index in [0.29, 0.717) is 36.6 Å². The molecule has 3 amide bonds. The summed E-state index contributed by atoms with van der Waals surface area (Å²) in [6.07, 6.45) is 12.5. The van der Waals surface area contributed by atoms with Gasteiger partial charge in [0.25, 0.3) is 0 Å². The molecule has 2 saturated heterocycles. The highest BCUT2D eigenvalue weighted by molar-refractivity contribution is 9.10. The second-order valence-corrected chi connectivity index (χ2v) is 18.9. The lowest BCUT2D eigenvalue weighted by Gasteiger charge is -2.47. The van der Waals surface area contributed by atoms with E-state index in [2.05, 4.69) is 43.7 Å². The van der Waals surface area contributed by atoms with Gasteiger partial charge in [0.05, 0.1) is 29.9 Å². The van der Waals surface area contributed by atoms with Crippen LogP contribution < -0.4 is 20.8 Å². The first kappa shape index (κ1) is 44.9. The average molecular weight is 908 g/mol. The molecule has 5 aliphatic rings. The maximum absolute atomic E-state index is 14.7. The van der Waals surface area contributed by atoms with Crippen LogP contribution in [0.4, 0.5) is 4.79 Å². The summed E-state index contributed by atoms with van der Waals surface area (Å²) in [5.74, 6) is 0.646. The van der Waals surface area contributed by atoms with Crippen molar-refractivity contribution in [1.29, 1.82) is 0 Å². The van der Waals surface area contributed by atoms with Crippen molar-refractivity contribution in [1.82, 2.24) is 20.5 Å². The number of halogens is 1. The molecule has 3 N–H and O–H groups in total. The van der Waals surface area contributed by atoms with Gasteiger partial charge < -0.3 is 44.0 Å². The van der Waals surface area contributed by atoms with Crippen LogP contribution in [0, 0.1) is 11.8 Å². The number of para-hydroxylation sites is 1. The van der Waals surface area contributed by atoms with Crippen LogP contribution in [0.5, 0.6) is 5.88 Å². The van der Waals surface area contributed by atoms with Crippen LogP contribution in [0.2, 0.25) is 0 Å². The highest BCUT2D eigenvalue weighted by Gasteiger charge is 2.56. The number of carbonyl (C=O) groups is 4. The van der Waals surface area contributed by atoms with Crippen LogP contribution in [-0.4, -0.2) is 95.1 Å². The van der Waals surface area contributed by atoms with Crippen molar-refractivity contribution in [3.8, 4) is 5.88 Å². The van der Waals surface area contributed by atoms with Crippen LogP contribution in [0.15, 0.2) is 57.7 Å². The minimum absolute atomic E-state index is 0.00511. The topological polar surface area (TPSA) is 175 Å². The largest absolute Gasteiger partial charge is 0.486 e. The lowest BCUT2D eigenvalue weighted by atomic mass is 9.66. The van der Waals surface area contributed by atoms with E-state index >= 15 is 0 Å². The molecule has 4 fully saturated rings. The first-order valence-corrected chi connectivity index (χ1v) is 22.8. The third-order valence-electron chi connectivity index (χ3n) is 13.4. The number of pyridine rings is 1. The SMILES string of the molecule is CCOC(=O)C12CCC1C=CCCCCCC(NC(=O)OC1CC1CCCC=CB1OC(C)(C)C(C)(C)O1)C(=O)N1CC(Oc3[nH]c4ccccc4c(=O)c3Br)CC1C(=O)N2. The molecular weight excluding hydrogens is 847 g/mol. The van der Waals surface area contributed by atoms with Gasteiger partial charge in [0.1, 0.15) is 34.3 Å². The second-order valence-electron chi connectivity index (χ2n) is 18.1. The maximum Gasteiger partial charge on any atom is 0.486 e. The van der Waals surface area contributed by atoms with Gasteiger partial charge in [0.2, 0.25) is 23.1 Å². The summed E-state index contributed by atoms with van der Waals surface area (Å²) in [5.41, 5.74) is -1.73. The van der Waals surface area contributed by atoms with Crippen LogP contribution in [-0.2, 0) is 33.2 Å². The van der Waals surface area contributed by atoms with Gasteiger partial charge in [0.15, 0.2) is 0 Å². The lowest BCUT2D eigenvalue weighted by molar-refractivity contribution is -0.161. The molecule has 1 aromatic heterocycles. The molecule has 0 bridgehead atoms. The number of alkyl carbamates (subject to hydrolysis) is 1. The molecule has 7 atom stereocenters. The van der Waals surface area contributed by atoms with Crippen LogP contribution in [0.25, 0.3) is 10.9 Å². The highest BCUT2D eigenvalue weighted by Crippen LogP contribution is 2.42. The van der Waals surface area contributed by atoms with Gasteiger partial charge in [-0.15, -0.1) is 0 Å². The first-order chi connectivity index (χ1) is 29.1. The normalized spacial score (nSPS) is 29.8. The molecule has 61 heavy (non-hydrogen) atoms. The van der Waals surface area contributed by atoms with E-state index in [9.17, 15) is 24.0 Å². The van der Waals surface area contributed by atoms with Crippen molar-refractivity contribution >= 4 is 57.8 Å². The fourth-order valence-electron chi connectivity index (χ4n) is 8.85. The van der Waals surface area contributed by atoms with Crippen molar-refractivity contribution in [2.45, 2.75) is 153 Å². The molecule has 14 nitrogen and oxygen atoms in total. The predicted molar refractivity (Wildman–Crippen MR) is 234 cm³/mol. The Morgan fingerprint density at radius 3 is 2.56 bits per heavy atom. The van der Waals surface area contributed by atoms with Gasteiger partial charge in [-0.3, -0.25) is 14.4 Å². The number of nitrogens with one attached hydrogen (secondary N) is 3. The number of unbranched alkanes of at least 4 members (excludes halogenated alkanes) is 1. The van der Waals surface area contributed by atoms with Gasteiger partial charge in [-0.1, -0.05) is 49.2 Å². The number of H-pyrrole nitrogens is 1. The number of nitrogens with zero attached hydrogens (tertiary/aromatic N) is 1. The Kier molecular flexibility index (Phi) is 13.7. The molecule has 1 aromatic carbocycles. The number of aromatic amines is 1. The Bertz CT molecular complexity index is 2070. The molecule has 0 radical (unpaired) electrons. The predicted octanol–water partition coefficient (Wildman–Crippen LogP) is 6.83. The summed E-state index contributed by atoms with van der Waals surface area (Å²) in [6.45, 7) is 9.99. The number of benzene rings is 1. The number of hydrogen-bond donors (Lipinski definition) is 3. The molecule has 2 saturated carbocycles. The molecule has 16 heteroatoms. The zero-order valence-corrected chi connectivity index (χ0v) is 37.6. The van der Waals surface area contributed by atoms with Crippen LogP contribution in [0.1, 0.15) is 112 Å². The first-order valence-electron chi connectivity index (χ1n) is 22.1. The van der Waals surface area contributed by atoms with E-state index in [1.54, 1.807) is 31.2 Å². The van der Waals surface area contributed by atoms with Crippen LogP contribution in [0.3, 0.4) is 0 Å². The Hall–Kier alpha value is -4.15. The summed E-state index contributed by atoms with van der Waals surface area (Å²) in [4.78, 5) is 74.0. The quantitative estimate of drug-likeness (QED) is 0.0939. The number of hydrogen-bond acceptors (Lipinski definition) is 10. The molecule has 2 aliphatic carbocycles. The number of amides is 3. The maximum atomic E-state index is 14.7. The number of carbonyl (C=O) groups excluding carboxylic acids is 4. The van der Waals surface area contributed by atoms with Gasteiger partial charge in [-0.25, -0.2) is 9.59 Å². The highest BCUT2D eigenvalue weighted by atomic mass is 79.9. The fraction of sp³-hybridized carbons (Fsp3) is 0.622. The van der Waals surface area contributed by atoms with Crippen molar-refractivity contribution in [2.24, 2.45) is 11.8 Å². The number of fused-ring (bicyclic) bond motifs is 3. The minimum atomic E-state index is -1.27. The molecule has 4 heterocycles. The Balaban J connectivity index is 1.04. The van der Waals surface area contributed by atoms with Crippen molar-refractivity contribution in [3.63, 3.8) is 0 Å². The third kappa shape index (κ3) is 9.91. The number of allylic oxidation sites excluding steroid dienone is 2. The number of rotatable bonds is 11. The summed E-state index contributed by atoms with van der Waals surface area (Å²) in [7, 11) is -0.378. The van der Waals surface area contributed by atoms with Crippen molar-refractivity contribution in [2.75, 3.05) is 13.2 Å². The molecular formula is C45H60BBrN4O10. The second kappa shape index (κ2) is 18.7. The average Bonchev–Trinajstić information content (AvgIpc) is 3.72. The van der Waals surface area contributed by atoms with E-state index in [4.69, 9.17) is 23.5 Å². The van der Waals surface area contributed by atoms with Crippen LogP contribution >= 0.6 is 15.9 Å². The molecule has 7 unspecified atom stereocenters. The van der Waals surface area contributed by atoms with E-state index in [-0.39, 0.29) is 71.6 Å². The summed E-state index contributed by atoms with van der Waals surface area (Å²) in [6, 6.07) is 5.05. The standard InChI is InChI=1S/C45H60BBrN4O10/c1-6-57-41(55)45-23-22-29(45)18-12-8-7-9-13-21-33(49-42(56)59-35-25-28(35)17-11-10-16-24-46-60-43(2,3)44(4,5)61-46)40(54)51-27-30(26-34(51)38(53)50-45)58-39-36(47)37(52)31-19-14-15-20-32(31)48-39/h12,14-16,18-20,24,28-30,33-35H,6-11,13,17,21-23,25-27H2,1-5H3,(H,48,52)(H,49,56)(H,50,53). The van der Waals surface area contributed by atoms with Crippen molar-refractivity contribution < 1.29 is 42.7 Å². The smallest absolute Gasteiger partial charge is 0.473 e. The molecule has 3 aliphatic heterocycles. The molecule has 7 rings (SSSR count). The van der Waals surface area contributed by atoms with E-state index in [0.717, 1.165) is 44.9 Å². The van der Waals surface area contributed by atoms with Crippen molar-refractivity contribution in [3.05, 3.63) is 63.2 Å².